The van der Waals surface area contributed by atoms with Gasteiger partial charge in [-0.3, -0.25) is 4.79 Å². The van der Waals surface area contributed by atoms with E-state index >= 15 is 0 Å². The second-order valence-electron chi connectivity index (χ2n) is 5.55. The van der Waals surface area contributed by atoms with E-state index in [9.17, 15) is 9.90 Å². The number of aliphatic hydroxyl groups is 1. The Morgan fingerprint density at radius 3 is 2.58 bits per heavy atom. The van der Waals surface area contributed by atoms with Gasteiger partial charge in [-0.05, 0) is 51.7 Å². The minimum absolute atomic E-state index is 0.192. The van der Waals surface area contributed by atoms with Gasteiger partial charge in [0.2, 0.25) is 0 Å². The predicted molar refractivity (Wildman–Crippen MR) is 77.1 cm³/mol. The van der Waals surface area contributed by atoms with E-state index in [-0.39, 0.29) is 12.5 Å². The first-order chi connectivity index (χ1) is 8.69. The van der Waals surface area contributed by atoms with Crippen LogP contribution in [0.1, 0.15) is 22.8 Å². The summed E-state index contributed by atoms with van der Waals surface area (Å²) in [6.45, 7) is 4.24. The lowest BCUT2D eigenvalue weighted by atomic mass is 10.1. The van der Waals surface area contributed by atoms with E-state index in [1.807, 2.05) is 25.9 Å². The number of hydrogen-bond acceptors (Lipinski definition) is 4. The van der Waals surface area contributed by atoms with Crippen molar-refractivity contribution in [2.24, 2.45) is 0 Å². The Morgan fingerprint density at radius 2 is 2.05 bits per heavy atom. The fourth-order valence-corrected chi connectivity index (χ4v) is 2.05. The van der Waals surface area contributed by atoms with Crippen LogP contribution >= 0.6 is 0 Å². The molecular formula is C14H23N3O2. The first-order valence-corrected chi connectivity index (χ1v) is 6.22. The Hall–Kier alpha value is -1.59. The molecule has 0 bridgehead atoms. The minimum atomic E-state index is -0.964. The number of anilines is 1. The molecule has 19 heavy (non-hydrogen) atoms. The van der Waals surface area contributed by atoms with Crippen molar-refractivity contribution in [1.82, 2.24) is 10.2 Å². The van der Waals surface area contributed by atoms with Crippen LogP contribution in [0.15, 0.2) is 18.2 Å². The number of aryl methyl sites for hydroxylation is 1. The van der Waals surface area contributed by atoms with Crippen LogP contribution in [0.5, 0.6) is 0 Å². The SMILES string of the molecule is Cc1cc(N)cc(C(=O)NCC(C)(O)CN(C)C)c1. The summed E-state index contributed by atoms with van der Waals surface area (Å²) in [4.78, 5) is 13.9. The summed E-state index contributed by atoms with van der Waals surface area (Å²) in [5.41, 5.74) is 6.75. The number of amides is 1. The van der Waals surface area contributed by atoms with E-state index in [0.717, 1.165) is 5.56 Å². The summed E-state index contributed by atoms with van der Waals surface area (Å²) >= 11 is 0. The van der Waals surface area contributed by atoms with Crippen LogP contribution in [0.25, 0.3) is 0 Å². The molecule has 1 aromatic rings. The zero-order valence-electron chi connectivity index (χ0n) is 12.0. The van der Waals surface area contributed by atoms with Crippen LogP contribution in [-0.2, 0) is 0 Å². The molecule has 0 aliphatic heterocycles. The maximum Gasteiger partial charge on any atom is 0.251 e. The smallest absolute Gasteiger partial charge is 0.251 e. The van der Waals surface area contributed by atoms with Crippen molar-refractivity contribution < 1.29 is 9.90 Å². The van der Waals surface area contributed by atoms with Crippen molar-refractivity contribution >= 4 is 11.6 Å². The molecular weight excluding hydrogens is 242 g/mol. The summed E-state index contributed by atoms with van der Waals surface area (Å²) in [5, 5.41) is 12.8. The van der Waals surface area contributed by atoms with Gasteiger partial charge >= 0.3 is 0 Å². The van der Waals surface area contributed by atoms with Crippen LogP contribution in [0.4, 0.5) is 5.69 Å². The van der Waals surface area contributed by atoms with E-state index in [1.54, 1.807) is 25.1 Å². The summed E-state index contributed by atoms with van der Waals surface area (Å²) < 4.78 is 0. The molecule has 1 atom stereocenters. The highest BCUT2D eigenvalue weighted by Gasteiger charge is 2.22. The topological polar surface area (TPSA) is 78.6 Å². The molecule has 5 nitrogen and oxygen atoms in total. The molecule has 1 unspecified atom stereocenters. The molecule has 1 rings (SSSR count). The zero-order valence-corrected chi connectivity index (χ0v) is 12.0. The van der Waals surface area contributed by atoms with E-state index < -0.39 is 5.60 Å². The van der Waals surface area contributed by atoms with E-state index in [0.29, 0.717) is 17.8 Å². The number of nitrogens with one attached hydrogen (secondary N) is 1. The third-order valence-electron chi connectivity index (χ3n) is 2.65. The predicted octanol–water partition coefficient (Wildman–Crippen LogP) is 0.620. The van der Waals surface area contributed by atoms with Crippen LogP contribution in [0, 0.1) is 6.92 Å². The van der Waals surface area contributed by atoms with Gasteiger partial charge in [-0.25, -0.2) is 0 Å². The molecule has 0 spiro atoms. The highest BCUT2D eigenvalue weighted by molar-refractivity contribution is 5.95. The number of rotatable bonds is 5. The molecule has 0 fully saturated rings. The summed E-state index contributed by atoms with van der Waals surface area (Å²) in [5.74, 6) is -0.227. The summed E-state index contributed by atoms with van der Waals surface area (Å²) in [6.07, 6.45) is 0. The third-order valence-corrected chi connectivity index (χ3v) is 2.65. The van der Waals surface area contributed by atoms with Gasteiger partial charge in [0.15, 0.2) is 0 Å². The average Bonchev–Trinajstić information content (AvgIpc) is 2.22. The monoisotopic (exact) mass is 265 g/mol. The molecule has 0 radical (unpaired) electrons. The number of nitrogens with zero attached hydrogens (tertiary/aromatic N) is 1. The Balaban J connectivity index is 2.65. The lowest BCUT2D eigenvalue weighted by molar-refractivity contribution is 0.0326. The fourth-order valence-electron chi connectivity index (χ4n) is 2.05. The lowest BCUT2D eigenvalue weighted by Crippen LogP contribution is -2.47. The number of hydrogen-bond donors (Lipinski definition) is 3. The molecule has 0 aliphatic carbocycles. The van der Waals surface area contributed by atoms with Gasteiger partial charge < -0.3 is 21.1 Å². The lowest BCUT2D eigenvalue weighted by Gasteiger charge is -2.27. The summed E-state index contributed by atoms with van der Waals surface area (Å²) in [7, 11) is 3.75. The Kier molecular flexibility index (Phi) is 4.91. The van der Waals surface area contributed by atoms with E-state index in [4.69, 9.17) is 5.73 Å². The number of likely N-dealkylation sites (N-methyl/N-ethyl adjacent to an activating group) is 1. The van der Waals surface area contributed by atoms with Crippen molar-refractivity contribution in [3.8, 4) is 0 Å². The third kappa shape index (κ3) is 5.28. The van der Waals surface area contributed by atoms with Gasteiger partial charge in [0.1, 0.15) is 0 Å². The van der Waals surface area contributed by atoms with Crippen LogP contribution in [0.2, 0.25) is 0 Å². The summed E-state index contributed by atoms with van der Waals surface area (Å²) in [6, 6.07) is 5.20. The highest BCUT2D eigenvalue weighted by Crippen LogP contribution is 2.11. The minimum Gasteiger partial charge on any atom is -0.399 e. The first kappa shape index (κ1) is 15.5. The van der Waals surface area contributed by atoms with Crippen molar-refractivity contribution in [3.05, 3.63) is 29.3 Å². The number of carbonyl (C=O) groups is 1. The number of carbonyl (C=O) groups excluding carboxylic acids is 1. The van der Waals surface area contributed by atoms with Gasteiger partial charge in [0, 0.05) is 24.3 Å². The Bertz CT molecular complexity index is 436. The number of benzene rings is 1. The van der Waals surface area contributed by atoms with Crippen molar-refractivity contribution in [2.75, 3.05) is 32.9 Å². The van der Waals surface area contributed by atoms with Crippen LogP contribution in [-0.4, -0.2) is 48.7 Å². The maximum absolute atomic E-state index is 12.0. The standard InChI is InChI=1S/C14H23N3O2/c1-10-5-11(7-12(15)6-10)13(18)16-8-14(2,19)9-17(3)4/h5-7,19H,8-9,15H2,1-4H3,(H,16,18). The molecule has 0 saturated carbocycles. The number of nitrogens with two attached hydrogens (primary N) is 1. The van der Waals surface area contributed by atoms with E-state index in [2.05, 4.69) is 5.32 Å². The molecule has 0 heterocycles. The van der Waals surface area contributed by atoms with Crippen molar-refractivity contribution in [1.29, 1.82) is 0 Å². The molecule has 5 heteroatoms. The van der Waals surface area contributed by atoms with Gasteiger partial charge in [-0.1, -0.05) is 0 Å². The van der Waals surface area contributed by atoms with Crippen molar-refractivity contribution in [2.45, 2.75) is 19.4 Å². The average molecular weight is 265 g/mol. The molecule has 0 saturated heterocycles. The second kappa shape index (κ2) is 6.04. The molecule has 106 valence electrons. The zero-order chi connectivity index (χ0) is 14.6. The Morgan fingerprint density at radius 1 is 1.42 bits per heavy atom. The van der Waals surface area contributed by atoms with E-state index in [1.165, 1.54) is 0 Å². The molecule has 1 amide bonds. The maximum atomic E-state index is 12.0. The van der Waals surface area contributed by atoms with Gasteiger partial charge in [0.05, 0.1) is 5.60 Å². The van der Waals surface area contributed by atoms with Crippen LogP contribution < -0.4 is 11.1 Å². The second-order valence-corrected chi connectivity index (χ2v) is 5.55. The number of nitrogen functional groups attached to an aromatic ring is 1. The van der Waals surface area contributed by atoms with Gasteiger partial charge in [0.25, 0.3) is 5.91 Å². The quantitative estimate of drug-likeness (QED) is 0.682. The van der Waals surface area contributed by atoms with Gasteiger partial charge in [-0.15, -0.1) is 0 Å². The molecule has 0 aromatic heterocycles. The molecule has 0 aliphatic rings. The normalized spacial score (nSPS) is 14.2. The molecule has 4 N–H and O–H groups in total. The van der Waals surface area contributed by atoms with Crippen molar-refractivity contribution in [3.63, 3.8) is 0 Å². The fraction of sp³-hybridized carbons (Fsp3) is 0.500. The van der Waals surface area contributed by atoms with Crippen LogP contribution in [0.3, 0.4) is 0 Å². The largest absolute Gasteiger partial charge is 0.399 e. The Labute approximate surface area is 114 Å². The van der Waals surface area contributed by atoms with Gasteiger partial charge in [-0.2, -0.15) is 0 Å². The first-order valence-electron chi connectivity index (χ1n) is 6.22. The highest BCUT2D eigenvalue weighted by atomic mass is 16.3. The molecule has 1 aromatic carbocycles.